The quantitative estimate of drug-likeness (QED) is 0.444. The van der Waals surface area contributed by atoms with Crippen molar-refractivity contribution in [2.75, 3.05) is 58.7 Å². The van der Waals surface area contributed by atoms with E-state index in [9.17, 15) is 8.42 Å². The molecule has 11 heteroatoms. The number of hydrogen-bond donors (Lipinski definition) is 1. The van der Waals surface area contributed by atoms with Crippen LogP contribution in [0, 0.1) is 0 Å². The standard InChI is InChI=1S/C22H29ClN6O2S2/c1-27(2)11-5-10-24-22-17-6-3-4-7-18(17)25-20(26-22)16-28-12-14-29(15-13-28)33(30,31)21-9-8-19(23)32-21/h3-4,6-9H,5,10-16H2,1-2H3,(H,24,25,26). The third-order valence-corrected chi connectivity index (χ3v) is 9.16. The first-order valence-corrected chi connectivity index (χ1v) is 13.6. The first-order valence-electron chi connectivity index (χ1n) is 10.9. The Balaban J connectivity index is 1.42. The predicted octanol–water partition coefficient (Wildman–Crippen LogP) is 3.21. The van der Waals surface area contributed by atoms with Gasteiger partial charge in [-0.25, -0.2) is 18.4 Å². The maximum atomic E-state index is 12.8. The van der Waals surface area contributed by atoms with Gasteiger partial charge in [-0.2, -0.15) is 4.31 Å². The second-order valence-corrected chi connectivity index (χ2v) is 12.2. The second-order valence-electron chi connectivity index (χ2n) is 8.33. The number of rotatable bonds is 9. The topological polar surface area (TPSA) is 81.7 Å². The SMILES string of the molecule is CN(C)CCCNc1nc(CN2CCN(S(=O)(=O)c3ccc(Cl)s3)CC2)nc2ccccc12. The average Bonchev–Trinajstić information content (AvgIpc) is 3.24. The fourth-order valence-corrected chi connectivity index (χ4v) is 6.88. The number of thiophene rings is 1. The van der Waals surface area contributed by atoms with Crippen molar-refractivity contribution in [2.45, 2.75) is 17.2 Å². The van der Waals surface area contributed by atoms with Crippen molar-refractivity contribution in [1.29, 1.82) is 0 Å². The van der Waals surface area contributed by atoms with Gasteiger partial charge in [0.05, 0.1) is 16.4 Å². The van der Waals surface area contributed by atoms with Gasteiger partial charge in [-0.3, -0.25) is 4.90 Å². The van der Waals surface area contributed by atoms with Crippen molar-refractivity contribution < 1.29 is 8.42 Å². The summed E-state index contributed by atoms with van der Waals surface area (Å²) in [4.78, 5) is 13.9. The highest BCUT2D eigenvalue weighted by molar-refractivity contribution is 7.91. The summed E-state index contributed by atoms with van der Waals surface area (Å²) in [6.07, 6.45) is 1.02. The highest BCUT2D eigenvalue weighted by atomic mass is 35.5. The lowest BCUT2D eigenvalue weighted by molar-refractivity contribution is 0.178. The molecule has 3 aromatic rings. The van der Waals surface area contributed by atoms with E-state index in [1.54, 1.807) is 12.1 Å². The molecule has 178 valence electrons. The molecular weight excluding hydrogens is 480 g/mol. The van der Waals surface area contributed by atoms with Crippen LogP contribution in [0.4, 0.5) is 5.82 Å². The van der Waals surface area contributed by atoms with Crippen molar-refractivity contribution in [2.24, 2.45) is 0 Å². The molecule has 1 N–H and O–H groups in total. The molecule has 0 amide bonds. The Hall–Kier alpha value is -1.82. The third-order valence-electron chi connectivity index (χ3n) is 5.56. The van der Waals surface area contributed by atoms with E-state index < -0.39 is 10.0 Å². The zero-order valence-electron chi connectivity index (χ0n) is 18.9. The zero-order chi connectivity index (χ0) is 23.4. The van der Waals surface area contributed by atoms with E-state index in [0.29, 0.717) is 41.3 Å². The molecule has 0 aliphatic carbocycles. The predicted molar refractivity (Wildman–Crippen MR) is 135 cm³/mol. The monoisotopic (exact) mass is 508 g/mol. The lowest BCUT2D eigenvalue weighted by Gasteiger charge is -2.33. The summed E-state index contributed by atoms with van der Waals surface area (Å²) in [6.45, 7) is 4.54. The third kappa shape index (κ3) is 6.00. The van der Waals surface area contributed by atoms with Gasteiger partial charge < -0.3 is 10.2 Å². The fraction of sp³-hybridized carbons (Fsp3) is 0.455. The van der Waals surface area contributed by atoms with Gasteiger partial charge in [0.25, 0.3) is 10.0 Å². The van der Waals surface area contributed by atoms with Gasteiger partial charge >= 0.3 is 0 Å². The van der Waals surface area contributed by atoms with Crippen molar-refractivity contribution >= 4 is 49.7 Å². The van der Waals surface area contributed by atoms with E-state index in [2.05, 4.69) is 29.2 Å². The Morgan fingerprint density at radius 1 is 1.09 bits per heavy atom. The molecule has 8 nitrogen and oxygen atoms in total. The Kier molecular flexibility index (Phi) is 7.83. The average molecular weight is 509 g/mol. The molecule has 4 rings (SSSR count). The molecule has 33 heavy (non-hydrogen) atoms. The molecule has 0 unspecified atom stereocenters. The minimum atomic E-state index is -3.50. The number of para-hydroxylation sites is 1. The highest BCUT2D eigenvalue weighted by Gasteiger charge is 2.30. The van der Waals surface area contributed by atoms with Crippen LogP contribution in [0.3, 0.4) is 0 Å². The Morgan fingerprint density at radius 2 is 1.85 bits per heavy atom. The second kappa shape index (κ2) is 10.6. The van der Waals surface area contributed by atoms with Gasteiger partial charge in [0.1, 0.15) is 15.9 Å². The van der Waals surface area contributed by atoms with Crippen molar-refractivity contribution in [1.82, 2.24) is 24.1 Å². The minimum absolute atomic E-state index is 0.295. The number of aromatic nitrogens is 2. The van der Waals surface area contributed by atoms with E-state index in [-0.39, 0.29) is 0 Å². The maximum absolute atomic E-state index is 12.8. The molecule has 1 aliphatic rings. The molecule has 0 atom stereocenters. The van der Waals surface area contributed by atoms with Gasteiger partial charge in [-0.15, -0.1) is 11.3 Å². The van der Waals surface area contributed by atoms with Gasteiger partial charge in [0.2, 0.25) is 0 Å². The van der Waals surface area contributed by atoms with Crippen molar-refractivity contribution in [3.8, 4) is 0 Å². The number of hydrogen-bond acceptors (Lipinski definition) is 8. The molecule has 0 radical (unpaired) electrons. The summed E-state index contributed by atoms with van der Waals surface area (Å²) in [5.74, 6) is 1.59. The van der Waals surface area contributed by atoms with Gasteiger partial charge in [-0.05, 0) is 51.3 Å². The Morgan fingerprint density at radius 3 is 2.55 bits per heavy atom. The highest BCUT2D eigenvalue weighted by Crippen LogP contribution is 2.29. The number of nitrogens with one attached hydrogen (secondary N) is 1. The Bertz CT molecular complexity index is 1190. The van der Waals surface area contributed by atoms with Crippen LogP contribution in [-0.4, -0.2) is 85.9 Å². The number of piperazine rings is 1. The van der Waals surface area contributed by atoms with Gasteiger partial charge in [0, 0.05) is 38.1 Å². The van der Waals surface area contributed by atoms with E-state index in [4.69, 9.17) is 21.6 Å². The van der Waals surface area contributed by atoms with Crippen LogP contribution in [-0.2, 0) is 16.6 Å². The molecule has 1 fully saturated rings. The summed E-state index contributed by atoms with van der Waals surface area (Å²) in [5.41, 5.74) is 0.911. The summed E-state index contributed by atoms with van der Waals surface area (Å²) in [5, 5.41) is 4.49. The van der Waals surface area contributed by atoms with Crippen LogP contribution in [0.1, 0.15) is 12.2 Å². The summed E-state index contributed by atoms with van der Waals surface area (Å²) in [7, 11) is 0.640. The summed E-state index contributed by atoms with van der Waals surface area (Å²) in [6, 6.07) is 11.2. The van der Waals surface area contributed by atoms with E-state index in [1.165, 1.54) is 4.31 Å². The molecule has 0 bridgehead atoms. The molecule has 1 saturated heterocycles. The summed E-state index contributed by atoms with van der Waals surface area (Å²) < 4.78 is 28.0. The molecule has 2 aromatic heterocycles. The molecular formula is C22H29ClN6O2S2. The maximum Gasteiger partial charge on any atom is 0.252 e. The van der Waals surface area contributed by atoms with Crippen LogP contribution >= 0.6 is 22.9 Å². The van der Waals surface area contributed by atoms with Crippen LogP contribution in [0.15, 0.2) is 40.6 Å². The molecule has 0 spiro atoms. The van der Waals surface area contributed by atoms with Gasteiger partial charge in [0.15, 0.2) is 0 Å². The number of sulfonamides is 1. The smallest absolute Gasteiger partial charge is 0.252 e. The van der Waals surface area contributed by atoms with Gasteiger partial charge in [-0.1, -0.05) is 23.7 Å². The van der Waals surface area contributed by atoms with Crippen molar-refractivity contribution in [3.05, 3.63) is 46.6 Å². The lowest BCUT2D eigenvalue weighted by Crippen LogP contribution is -2.48. The van der Waals surface area contributed by atoms with Crippen LogP contribution < -0.4 is 5.32 Å². The molecule has 1 aliphatic heterocycles. The largest absolute Gasteiger partial charge is 0.369 e. The van der Waals surface area contributed by atoms with Crippen LogP contribution in [0.5, 0.6) is 0 Å². The fourth-order valence-electron chi connectivity index (χ4n) is 3.82. The number of benzene rings is 1. The number of anilines is 1. The number of nitrogens with zero attached hydrogens (tertiary/aromatic N) is 5. The van der Waals surface area contributed by atoms with Crippen LogP contribution in [0.25, 0.3) is 10.9 Å². The van der Waals surface area contributed by atoms with Crippen LogP contribution in [0.2, 0.25) is 4.34 Å². The first kappa shape index (κ1) is 24.3. The minimum Gasteiger partial charge on any atom is -0.369 e. The van der Waals surface area contributed by atoms with E-state index >= 15 is 0 Å². The molecule has 3 heterocycles. The summed E-state index contributed by atoms with van der Waals surface area (Å²) >= 11 is 7.03. The number of halogens is 1. The molecule has 0 saturated carbocycles. The van der Waals surface area contributed by atoms with Crippen molar-refractivity contribution in [3.63, 3.8) is 0 Å². The zero-order valence-corrected chi connectivity index (χ0v) is 21.3. The molecule has 1 aromatic carbocycles. The first-order chi connectivity index (χ1) is 15.8. The Labute approximate surface area is 204 Å². The lowest BCUT2D eigenvalue weighted by atomic mass is 10.2. The van der Waals surface area contributed by atoms with E-state index in [0.717, 1.165) is 53.4 Å². The van der Waals surface area contributed by atoms with E-state index in [1.807, 2.05) is 24.3 Å². The number of fused-ring (bicyclic) bond motifs is 1. The normalized spacial score (nSPS) is 16.0.